The molecule has 5 nitrogen and oxygen atoms in total. The maximum atomic E-state index is 10.9. The van der Waals surface area contributed by atoms with Gasteiger partial charge in [-0.05, 0) is 12.1 Å². The highest BCUT2D eigenvalue weighted by Gasteiger charge is 2.02. The third-order valence-electron chi connectivity index (χ3n) is 2.11. The molecule has 5 heteroatoms. The zero-order valence-electron chi connectivity index (χ0n) is 9.71. The van der Waals surface area contributed by atoms with Crippen molar-refractivity contribution < 1.29 is 13.9 Å². The lowest BCUT2D eigenvalue weighted by Gasteiger charge is -2.01. The zero-order chi connectivity index (χ0) is 11.8. The Hall–Kier alpha value is -1.33. The number of nitrogens with one attached hydrogen (secondary N) is 2. The van der Waals surface area contributed by atoms with Gasteiger partial charge in [0.15, 0.2) is 0 Å². The van der Waals surface area contributed by atoms with Crippen LogP contribution in [0.5, 0.6) is 0 Å². The van der Waals surface area contributed by atoms with Gasteiger partial charge in [0.05, 0.1) is 6.54 Å². The second-order valence-corrected chi connectivity index (χ2v) is 3.40. The summed E-state index contributed by atoms with van der Waals surface area (Å²) in [5.74, 6) is 1.70. The molecule has 0 aliphatic heterocycles. The molecule has 2 N–H and O–H groups in total. The lowest BCUT2D eigenvalue weighted by atomic mass is 10.4. The van der Waals surface area contributed by atoms with Crippen LogP contribution in [0.4, 0.5) is 0 Å². The Bertz CT molecular complexity index is 323. The van der Waals surface area contributed by atoms with E-state index in [1.807, 2.05) is 12.1 Å². The van der Waals surface area contributed by atoms with Crippen molar-refractivity contribution in [3.05, 3.63) is 23.7 Å². The second-order valence-electron chi connectivity index (χ2n) is 3.40. The molecule has 0 fully saturated rings. The van der Waals surface area contributed by atoms with Gasteiger partial charge < -0.3 is 19.8 Å². The predicted molar refractivity (Wildman–Crippen MR) is 59.8 cm³/mol. The molecule has 1 aromatic heterocycles. The van der Waals surface area contributed by atoms with E-state index in [1.165, 1.54) is 0 Å². The monoisotopic (exact) mass is 226 g/mol. The lowest BCUT2D eigenvalue weighted by molar-refractivity contribution is -0.120. The van der Waals surface area contributed by atoms with Crippen LogP contribution in [0.25, 0.3) is 0 Å². The molecule has 16 heavy (non-hydrogen) atoms. The number of hydrogen-bond acceptors (Lipinski definition) is 4. The molecule has 1 aromatic rings. The minimum atomic E-state index is 0.0343. The third-order valence-corrected chi connectivity index (χ3v) is 2.11. The molecule has 1 heterocycles. The summed E-state index contributed by atoms with van der Waals surface area (Å²) in [5.41, 5.74) is 0. The van der Waals surface area contributed by atoms with Crippen molar-refractivity contribution in [3.63, 3.8) is 0 Å². The van der Waals surface area contributed by atoms with E-state index >= 15 is 0 Å². The van der Waals surface area contributed by atoms with Crippen LogP contribution in [0.15, 0.2) is 16.5 Å². The standard InChI is InChI=1S/C11H18N2O3/c1-12-11(14)5-6-13-7-9-3-4-10(16-9)8-15-2/h3-4,13H,5-8H2,1-2H3,(H,12,14). The van der Waals surface area contributed by atoms with Gasteiger partial charge in [0.25, 0.3) is 0 Å². The highest BCUT2D eigenvalue weighted by molar-refractivity contribution is 5.75. The summed E-state index contributed by atoms with van der Waals surface area (Å²) in [6.07, 6.45) is 0.474. The SMILES string of the molecule is CNC(=O)CCNCc1ccc(COC)o1. The number of rotatable bonds is 7. The molecule has 0 unspecified atom stereocenters. The van der Waals surface area contributed by atoms with Crippen molar-refractivity contribution >= 4 is 5.91 Å². The number of amides is 1. The number of ether oxygens (including phenoxy) is 1. The number of furan rings is 1. The van der Waals surface area contributed by atoms with Gasteiger partial charge in [-0.3, -0.25) is 4.79 Å². The number of carbonyl (C=O) groups is 1. The van der Waals surface area contributed by atoms with Gasteiger partial charge in [0.2, 0.25) is 5.91 Å². The van der Waals surface area contributed by atoms with Gasteiger partial charge in [-0.2, -0.15) is 0 Å². The van der Waals surface area contributed by atoms with Gasteiger partial charge >= 0.3 is 0 Å². The van der Waals surface area contributed by atoms with E-state index in [0.29, 0.717) is 26.1 Å². The molecule has 1 rings (SSSR count). The molecular weight excluding hydrogens is 208 g/mol. The molecule has 0 saturated carbocycles. The fourth-order valence-electron chi connectivity index (χ4n) is 1.28. The zero-order valence-corrected chi connectivity index (χ0v) is 9.71. The van der Waals surface area contributed by atoms with Crippen LogP contribution in [-0.2, 0) is 22.7 Å². The minimum absolute atomic E-state index is 0.0343. The molecule has 0 radical (unpaired) electrons. The van der Waals surface area contributed by atoms with Crippen molar-refractivity contribution in [1.82, 2.24) is 10.6 Å². The Morgan fingerprint density at radius 2 is 2.19 bits per heavy atom. The first-order valence-corrected chi connectivity index (χ1v) is 5.24. The van der Waals surface area contributed by atoms with Crippen molar-refractivity contribution in [3.8, 4) is 0 Å². The van der Waals surface area contributed by atoms with Gasteiger partial charge in [-0.25, -0.2) is 0 Å². The normalized spacial score (nSPS) is 10.4. The molecule has 0 atom stereocenters. The fraction of sp³-hybridized carbons (Fsp3) is 0.545. The van der Waals surface area contributed by atoms with Crippen molar-refractivity contribution in [2.45, 2.75) is 19.6 Å². The smallest absolute Gasteiger partial charge is 0.221 e. The van der Waals surface area contributed by atoms with Crippen LogP contribution < -0.4 is 10.6 Å². The van der Waals surface area contributed by atoms with Gasteiger partial charge in [0, 0.05) is 27.1 Å². The van der Waals surface area contributed by atoms with Crippen LogP contribution >= 0.6 is 0 Å². The van der Waals surface area contributed by atoms with Crippen molar-refractivity contribution in [1.29, 1.82) is 0 Å². The summed E-state index contributed by atoms with van der Waals surface area (Å²) < 4.78 is 10.4. The van der Waals surface area contributed by atoms with Gasteiger partial charge in [-0.15, -0.1) is 0 Å². The van der Waals surface area contributed by atoms with Crippen LogP contribution in [0.1, 0.15) is 17.9 Å². The Kier molecular flexibility index (Phi) is 5.60. The highest BCUT2D eigenvalue weighted by atomic mass is 16.5. The Labute approximate surface area is 95.2 Å². The Balaban J connectivity index is 2.19. The second kappa shape index (κ2) is 7.03. The van der Waals surface area contributed by atoms with Crippen LogP contribution in [0, 0.1) is 0 Å². The third kappa shape index (κ3) is 4.46. The van der Waals surface area contributed by atoms with Crippen molar-refractivity contribution in [2.24, 2.45) is 0 Å². The van der Waals surface area contributed by atoms with E-state index in [4.69, 9.17) is 9.15 Å². The van der Waals surface area contributed by atoms with Crippen LogP contribution in [0.3, 0.4) is 0 Å². The van der Waals surface area contributed by atoms with E-state index in [1.54, 1.807) is 14.2 Å². The van der Waals surface area contributed by atoms with E-state index < -0.39 is 0 Å². The first kappa shape index (κ1) is 12.7. The Morgan fingerprint density at radius 1 is 1.44 bits per heavy atom. The van der Waals surface area contributed by atoms with Crippen LogP contribution in [0.2, 0.25) is 0 Å². The van der Waals surface area contributed by atoms with E-state index in [2.05, 4.69) is 10.6 Å². The maximum Gasteiger partial charge on any atom is 0.221 e. The summed E-state index contributed by atoms with van der Waals surface area (Å²) in [5, 5.41) is 5.69. The lowest BCUT2D eigenvalue weighted by Crippen LogP contribution is -2.24. The van der Waals surface area contributed by atoms with Crippen molar-refractivity contribution in [2.75, 3.05) is 20.7 Å². The summed E-state index contributed by atoms with van der Waals surface area (Å²) in [6.45, 7) is 1.75. The minimum Gasteiger partial charge on any atom is -0.462 e. The predicted octanol–water partition coefficient (Wildman–Crippen LogP) is 0.652. The average molecular weight is 226 g/mol. The summed E-state index contributed by atoms with van der Waals surface area (Å²) >= 11 is 0. The fourth-order valence-corrected chi connectivity index (χ4v) is 1.28. The quantitative estimate of drug-likeness (QED) is 0.670. The van der Waals surface area contributed by atoms with Gasteiger partial charge in [-0.1, -0.05) is 0 Å². The summed E-state index contributed by atoms with van der Waals surface area (Å²) in [4.78, 5) is 10.9. The summed E-state index contributed by atoms with van der Waals surface area (Å²) in [6, 6.07) is 3.79. The highest BCUT2D eigenvalue weighted by Crippen LogP contribution is 2.08. The number of methoxy groups -OCH3 is 1. The van der Waals surface area contributed by atoms with E-state index in [0.717, 1.165) is 11.5 Å². The first-order chi connectivity index (χ1) is 7.76. The van der Waals surface area contributed by atoms with Gasteiger partial charge in [0.1, 0.15) is 18.1 Å². The van der Waals surface area contributed by atoms with Crippen LogP contribution in [-0.4, -0.2) is 26.6 Å². The molecule has 0 aliphatic rings. The summed E-state index contributed by atoms with van der Waals surface area (Å²) in [7, 11) is 3.26. The van der Waals surface area contributed by atoms with E-state index in [-0.39, 0.29) is 5.91 Å². The Morgan fingerprint density at radius 3 is 2.88 bits per heavy atom. The number of carbonyl (C=O) groups excluding carboxylic acids is 1. The molecule has 0 spiro atoms. The molecule has 0 bridgehead atoms. The maximum absolute atomic E-state index is 10.9. The van der Waals surface area contributed by atoms with E-state index in [9.17, 15) is 4.79 Å². The molecule has 0 aromatic carbocycles. The molecule has 1 amide bonds. The topological polar surface area (TPSA) is 63.5 Å². The molecule has 0 aliphatic carbocycles. The molecule has 90 valence electrons. The number of hydrogen-bond donors (Lipinski definition) is 2. The molecule has 0 saturated heterocycles. The largest absolute Gasteiger partial charge is 0.462 e. The molecular formula is C11H18N2O3. The first-order valence-electron chi connectivity index (χ1n) is 5.24. The average Bonchev–Trinajstić information content (AvgIpc) is 2.72.